The highest BCUT2D eigenvalue weighted by atomic mass is 127. The van der Waals surface area contributed by atoms with E-state index in [1.807, 2.05) is 38.1 Å². The van der Waals surface area contributed by atoms with Gasteiger partial charge in [0.1, 0.15) is 0 Å². The molecule has 0 unspecified atom stereocenters. The predicted octanol–water partition coefficient (Wildman–Crippen LogP) is 1.67. The van der Waals surface area contributed by atoms with Crippen LogP contribution in [0.3, 0.4) is 0 Å². The highest BCUT2D eigenvalue weighted by molar-refractivity contribution is 14.0. The zero-order valence-electron chi connectivity index (χ0n) is 10.5. The van der Waals surface area contributed by atoms with Crippen molar-refractivity contribution >= 4 is 41.5 Å². The van der Waals surface area contributed by atoms with Crippen molar-refractivity contribution in [1.82, 2.24) is 0 Å². The fourth-order valence-electron chi connectivity index (χ4n) is 1.16. The van der Waals surface area contributed by atoms with Gasteiger partial charge in [-0.05, 0) is 17.7 Å². The van der Waals surface area contributed by atoms with Crippen molar-refractivity contribution < 1.29 is 4.79 Å². The van der Waals surface area contributed by atoms with Crippen LogP contribution in [0.2, 0.25) is 0 Å². The van der Waals surface area contributed by atoms with Gasteiger partial charge in [-0.15, -0.1) is 24.0 Å². The van der Waals surface area contributed by atoms with Gasteiger partial charge in [-0.3, -0.25) is 4.79 Å². The van der Waals surface area contributed by atoms with E-state index in [1.165, 1.54) is 0 Å². The van der Waals surface area contributed by atoms with Crippen LogP contribution in [0.1, 0.15) is 19.4 Å². The number of hydrogen-bond acceptors (Lipinski definition) is 2. The minimum atomic E-state index is -0.0312. The third-order valence-corrected chi connectivity index (χ3v) is 2.19. The van der Waals surface area contributed by atoms with Crippen LogP contribution in [0.5, 0.6) is 0 Å². The minimum absolute atomic E-state index is 0. The van der Waals surface area contributed by atoms with E-state index >= 15 is 0 Å². The van der Waals surface area contributed by atoms with E-state index in [9.17, 15) is 4.79 Å². The van der Waals surface area contributed by atoms with Crippen LogP contribution in [0.4, 0.5) is 5.69 Å². The highest BCUT2D eigenvalue weighted by Crippen LogP contribution is 2.11. The molecule has 0 bridgehead atoms. The molecule has 18 heavy (non-hydrogen) atoms. The van der Waals surface area contributed by atoms with Gasteiger partial charge in [0.15, 0.2) is 5.96 Å². The third kappa shape index (κ3) is 5.85. The molecule has 0 atom stereocenters. The van der Waals surface area contributed by atoms with Gasteiger partial charge in [0.25, 0.3) is 0 Å². The summed E-state index contributed by atoms with van der Waals surface area (Å²) in [5.41, 5.74) is 12.2. The van der Waals surface area contributed by atoms with Gasteiger partial charge in [0.2, 0.25) is 5.91 Å². The molecule has 0 radical (unpaired) electrons. The number of nitrogens with one attached hydrogen (secondary N) is 1. The summed E-state index contributed by atoms with van der Waals surface area (Å²) < 4.78 is 0. The van der Waals surface area contributed by atoms with Gasteiger partial charge in [0, 0.05) is 11.6 Å². The minimum Gasteiger partial charge on any atom is -0.370 e. The number of anilines is 1. The second kappa shape index (κ2) is 7.91. The molecule has 0 aromatic heterocycles. The molecule has 5 N–H and O–H groups in total. The number of halogens is 1. The Morgan fingerprint density at radius 2 is 1.83 bits per heavy atom. The Balaban J connectivity index is 0.00000289. The Labute approximate surface area is 124 Å². The van der Waals surface area contributed by atoms with E-state index in [0.29, 0.717) is 6.54 Å². The lowest BCUT2D eigenvalue weighted by atomic mass is 10.2. The Bertz CT molecular complexity index is 411. The summed E-state index contributed by atoms with van der Waals surface area (Å²) in [4.78, 5) is 15.3. The molecule has 1 rings (SSSR count). The first-order valence-electron chi connectivity index (χ1n) is 5.44. The molecule has 0 heterocycles. The molecule has 5 nitrogen and oxygen atoms in total. The van der Waals surface area contributed by atoms with Gasteiger partial charge in [-0.25, -0.2) is 4.99 Å². The van der Waals surface area contributed by atoms with Crippen LogP contribution >= 0.6 is 24.0 Å². The maximum atomic E-state index is 11.4. The fraction of sp³-hybridized carbons (Fsp3) is 0.333. The van der Waals surface area contributed by atoms with Crippen LogP contribution < -0.4 is 16.8 Å². The number of guanidine groups is 1. The Hall–Kier alpha value is -1.31. The summed E-state index contributed by atoms with van der Waals surface area (Å²) in [6.07, 6.45) is 0. The standard InChI is InChI=1S/C12H18N4O.HI/c1-8(2)11(17)16-10-5-3-9(4-6-10)7-15-12(13)14;/h3-6,8H,7H2,1-2H3,(H,16,17)(H4,13,14,15);1H. The third-order valence-electron chi connectivity index (χ3n) is 2.19. The van der Waals surface area contributed by atoms with Crippen molar-refractivity contribution in [3.8, 4) is 0 Å². The van der Waals surface area contributed by atoms with Crippen molar-refractivity contribution in [3.05, 3.63) is 29.8 Å². The number of aliphatic imine (C=N–C) groups is 1. The smallest absolute Gasteiger partial charge is 0.226 e. The average molecular weight is 362 g/mol. The van der Waals surface area contributed by atoms with Crippen molar-refractivity contribution in [1.29, 1.82) is 0 Å². The van der Waals surface area contributed by atoms with E-state index in [0.717, 1.165) is 11.3 Å². The maximum Gasteiger partial charge on any atom is 0.226 e. The molecule has 0 aliphatic heterocycles. The Morgan fingerprint density at radius 1 is 1.28 bits per heavy atom. The molecule has 0 fully saturated rings. The summed E-state index contributed by atoms with van der Waals surface area (Å²) >= 11 is 0. The fourth-order valence-corrected chi connectivity index (χ4v) is 1.16. The normalized spacial score (nSPS) is 9.50. The first kappa shape index (κ1) is 16.7. The Kier molecular flexibility index (Phi) is 7.33. The number of carbonyl (C=O) groups excluding carboxylic acids is 1. The molecule has 100 valence electrons. The topological polar surface area (TPSA) is 93.5 Å². The lowest BCUT2D eigenvalue weighted by molar-refractivity contribution is -0.118. The van der Waals surface area contributed by atoms with E-state index in [2.05, 4.69) is 10.3 Å². The van der Waals surface area contributed by atoms with Gasteiger partial charge in [0.05, 0.1) is 6.54 Å². The summed E-state index contributed by atoms with van der Waals surface area (Å²) in [6.45, 7) is 4.14. The van der Waals surface area contributed by atoms with Gasteiger partial charge in [-0.1, -0.05) is 26.0 Å². The van der Waals surface area contributed by atoms with E-state index in [-0.39, 0.29) is 41.8 Å². The number of hydrogen-bond donors (Lipinski definition) is 3. The van der Waals surface area contributed by atoms with Crippen LogP contribution in [0.25, 0.3) is 0 Å². The van der Waals surface area contributed by atoms with Crippen LogP contribution in [-0.4, -0.2) is 11.9 Å². The first-order chi connectivity index (χ1) is 7.99. The molecule has 1 aromatic carbocycles. The van der Waals surface area contributed by atoms with Gasteiger partial charge < -0.3 is 16.8 Å². The largest absolute Gasteiger partial charge is 0.370 e. The summed E-state index contributed by atoms with van der Waals surface area (Å²) in [5, 5.41) is 2.81. The van der Waals surface area contributed by atoms with Crippen molar-refractivity contribution in [2.24, 2.45) is 22.4 Å². The molecule has 0 aliphatic rings. The van der Waals surface area contributed by atoms with Crippen LogP contribution in [0.15, 0.2) is 29.3 Å². The lowest BCUT2D eigenvalue weighted by Gasteiger charge is -2.07. The van der Waals surface area contributed by atoms with Crippen LogP contribution in [-0.2, 0) is 11.3 Å². The number of benzene rings is 1. The van der Waals surface area contributed by atoms with Crippen molar-refractivity contribution in [2.75, 3.05) is 5.32 Å². The van der Waals surface area contributed by atoms with Crippen molar-refractivity contribution in [3.63, 3.8) is 0 Å². The Morgan fingerprint density at radius 3 is 2.28 bits per heavy atom. The number of carbonyl (C=O) groups is 1. The molecule has 0 aliphatic carbocycles. The molecule has 6 heteroatoms. The quantitative estimate of drug-likeness (QED) is 0.432. The lowest BCUT2D eigenvalue weighted by Crippen LogP contribution is -2.22. The van der Waals surface area contributed by atoms with E-state index in [4.69, 9.17) is 11.5 Å². The summed E-state index contributed by atoms with van der Waals surface area (Å²) in [5.74, 6) is 0.0421. The predicted molar refractivity (Wildman–Crippen MR) is 84.8 cm³/mol. The first-order valence-corrected chi connectivity index (χ1v) is 5.44. The maximum absolute atomic E-state index is 11.4. The second-order valence-electron chi connectivity index (χ2n) is 4.08. The molecular formula is C12H19IN4O. The number of nitrogens with two attached hydrogens (primary N) is 2. The summed E-state index contributed by atoms with van der Waals surface area (Å²) in [6, 6.07) is 7.42. The van der Waals surface area contributed by atoms with Gasteiger partial charge in [-0.2, -0.15) is 0 Å². The average Bonchev–Trinajstić information content (AvgIpc) is 2.28. The van der Waals surface area contributed by atoms with Crippen molar-refractivity contribution in [2.45, 2.75) is 20.4 Å². The zero-order chi connectivity index (χ0) is 12.8. The van der Waals surface area contributed by atoms with Gasteiger partial charge >= 0.3 is 0 Å². The highest BCUT2D eigenvalue weighted by Gasteiger charge is 2.06. The zero-order valence-corrected chi connectivity index (χ0v) is 12.8. The number of rotatable bonds is 4. The summed E-state index contributed by atoms with van der Waals surface area (Å²) in [7, 11) is 0. The molecule has 1 aromatic rings. The SMILES string of the molecule is CC(C)C(=O)Nc1ccc(CN=C(N)N)cc1.I. The molecule has 0 spiro atoms. The molecule has 1 amide bonds. The molecule has 0 saturated heterocycles. The number of nitrogens with zero attached hydrogens (tertiary/aromatic N) is 1. The number of amides is 1. The van der Waals surface area contributed by atoms with E-state index < -0.39 is 0 Å². The molecular weight excluding hydrogens is 343 g/mol. The van der Waals surface area contributed by atoms with Crippen LogP contribution in [0, 0.1) is 5.92 Å². The molecule has 0 saturated carbocycles. The van der Waals surface area contributed by atoms with E-state index in [1.54, 1.807) is 0 Å². The second-order valence-corrected chi connectivity index (χ2v) is 4.08. The monoisotopic (exact) mass is 362 g/mol.